The predicted molar refractivity (Wildman–Crippen MR) is 74.2 cm³/mol. The molecule has 1 aromatic carbocycles. The Kier molecular flexibility index (Phi) is 5.12. The first kappa shape index (κ1) is 14.5. The van der Waals surface area contributed by atoms with Gasteiger partial charge in [-0.05, 0) is 26.0 Å². The Bertz CT molecular complexity index is 542. The Balaban J connectivity index is 1.90. The summed E-state index contributed by atoms with van der Waals surface area (Å²) in [5.41, 5.74) is 0. The normalized spacial score (nSPS) is 12.3. The Morgan fingerprint density at radius 1 is 1.40 bits per heavy atom. The second-order valence-electron chi connectivity index (χ2n) is 4.38. The van der Waals surface area contributed by atoms with Crippen molar-refractivity contribution in [1.82, 2.24) is 9.55 Å². The maximum atomic E-state index is 13.0. The first-order chi connectivity index (χ1) is 9.70. The molecule has 5 heteroatoms. The van der Waals surface area contributed by atoms with E-state index in [1.807, 2.05) is 24.6 Å². The highest BCUT2D eigenvalue weighted by atomic mass is 19.1. The average Bonchev–Trinajstić information content (AvgIpc) is 2.87. The lowest BCUT2D eigenvalue weighted by Gasteiger charge is -2.14. The standard InChI is InChI=1S/C15H19FN2O2/c1-3-19-12(2)15-17-7-8-18(15)9-10-20-14-6-4-5-13(16)11-14/h4-8,11-12H,3,9-10H2,1-2H3/t12-/m0/s1. The maximum Gasteiger partial charge on any atom is 0.137 e. The quantitative estimate of drug-likeness (QED) is 0.780. The van der Waals surface area contributed by atoms with Crippen LogP contribution in [0.15, 0.2) is 36.7 Å². The van der Waals surface area contributed by atoms with Gasteiger partial charge < -0.3 is 14.0 Å². The molecule has 0 saturated carbocycles. The van der Waals surface area contributed by atoms with Gasteiger partial charge in [0.15, 0.2) is 0 Å². The van der Waals surface area contributed by atoms with Crippen LogP contribution in [0.5, 0.6) is 5.75 Å². The molecule has 1 atom stereocenters. The molecule has 1 heterocycles. The molecule has 4 nitrogen and oxygen atoms in total. The number of rotatable bonds is 7. The Morgan fingerprint density at radius 3 is 3.00 bits per heavy atom. The van der Waals surface area contributed by atoms with Gasteiger partial charge in [0, 0.05) is 25.1 Å². The van der Waals surface area contributed by atoms with Crippen LogP contribution in [-0.2, 0) is 11.3 Å². The molecule has 0 aliphatic heterocycles. The SMILES string of the molecule is CCO[C@@H](C)c1nccn1CCOc1cccc(F)c1. The van der Waals surface area contributed by atoms with Gasteiger partial charge in [-0.1, -0.05) is 6.07 Å². The molecule has 0 unspecified atom stereocenters. The molecule has 0 fully saturated rings. The Hall–Kier alpha value is -1.88. The number of halogens is 1. The van der Waals surface area contributed by atoms with Gasteiger partial charge in [-0.25, -0.2) is 9.37 Å². The monoisotopic (exact) mass is 278 g/mol. The summed E-state index contributed by atoms with van der Waals surface area (Å²) < 4.78 is 26.1. The smallest absolute Gasteiger partial charge is 0.137 e. The Labute approximate surface area is 118 Å². The molecule has 1 aromatic heterocycles. The van der Waals surface area contributed by atoms with E-state index in [0.717, 1.165) is 5.82 Å². The summed E-state index contributed by atoms with van der Waals surface area (Å²) in [7, 11) is 0. The van der Waals surface area contributed by atoms with E-state index in [1.165, 1.54) is 12.1 Å². The second kappa shape index (κ2) is 7.05. The summed E-state index contributed by atoms with van der Waals surface area (Å²) in [5.74, 6) is 1.11. The molecule has 0 radical (unpaired) electrons. The predicted octanol–water partition coefficient (Wildman–Crippen LogP) is 3.20. The molecular formula is C15H19FN2O2. The fraction of sp³-hybridized carbons (Fsp3) is 0.400. The third kappa shape index (κ3) is 3.81. The van der Waals surface area contributed by atoms with Crippen LogP contribution in [0.3, 0.4) is 0 Å². The molecule has 2 aromatic rings. The number of imidazole rings is 1. The topological polar surface area (TPSA) is 36.3 Å². The van der Waals surface area contributed by atoms with E-state index in [2.05, 4.69) is 4.98 Å². The lowest BCUT2D eigenvalue weighted by atomic mass is 10.3. The van der Waals surface area contributed by atoms with Crippen molar-refractivity contribution in [3.05, 3.63) is 48.3 Å². The second-order valence-corrected chi connectivity index (χ2v) is 4.38. The highest BCUT2D eigenvalue weighted by molar-refractivity contribution is 5.22. The zero-order valence-electron chi connectivity index (χ0n) is 11.8. The van der Waals surface area contributed by atoms with Crippen molar-refractivity contribution < 1.29 is 13.9 Å². The van der Waals surface area contributed by atoms with E-state index in [1.54, 1.807) is 18.3 Å². The summed E-state index contributed by atoms with van der Waals surface area (Å²) in [6.07, 6.45) is 3.58. The van der Waals surface area contributed by atoms with Crippen molar-refractivity contribution in [2.24, 2.45) is 0 Å². The van der Waals surface area contributed by atoms with E-state index in [-0.39, 0.29) is 11.9 Å². The van der Waals surface area contributed by atoms with Crippen LogP contribution in [0.1, 0.15) is 25.8 Å². The van der Waals surface area contributed by atoms with Crippen molar-refractivity contribution in [2.45, 2.75) is 26.5 Å². The lowest BCUT2D eigenvalue weighted by Crippen LogP contribution is -2.13. The molecule has 0 N–H and O–H groups in total. The summed E-state index contributed by atoms with van der Waals surface area (Å²) in [5, 5.41) is 0. The van der Waals surface area contributed by atoms with Gasteiger partial charge in [0.05, 0.1) is 6.54 Å². The van der Waals surface area contributed by atoms with Gasteiger partial charge >= 0.3 is 0 Å². The molecular weight excluding hydrogens is 259 g/mol. The van der Waals surface area contributed by atoms with Gasteiger partial charge in [0.1, 0.15) is 30.1 Å². The highest BCUT2D eigenvalue weighted by Gasteiger charge is 2.11. The number of aromatic nitrogens is 2. The molecule has 0 saturated heterocycles. The van der Waals surface area contributed by atoms with Gasteiger partial charge in [0.25, 0.3) is 0 Å². The molecule has 108 valence electrons. The minimum atomic E-state index is -0.296. The zero-order valence-corrected chi connectivity index (χ0v) is 11.8. The molecule has 20 heavy (non-hydrogen) atoms. The third-order valence-corrected chi connectivity index (χ3v) is 2.92. The van der Waals surface area contributed by atoms with E-state index >= 15 is 0 Å². The van der Waals surface area contributed by atoms with Crippen molar-refractivity contribution >= 4 is 0 Å². The highest BCUT2D eigenvalue weighted by Crippen LogP contribution is 2.15. The van der Waals surface area contributed by atoms with Gasteiger partial charge in [-0.3, -0.25) is 0 Å². The fourth-order valence-electron chi connectivity index (χ4n) is 2.01. The minimum Gasteiger partial charge on any atom is -0.492 e. The van der Waals surface area contributed by atoms with Crippen molar-refractivity contribution in [3.8, 4) is 5.75 Å². The first-order valence-electron chi connectivity index (χ1n) is 6.71. The zero-order chi connectivity index (χ0) is 14.4. The van der Waals surface area contributed by atoms with Gasteiger partial charge in [-0.2, -0.15) is 0 Å². The van der Waals surface area contributed by atoms with Crippen molar-refractivity contribution in [3.63, 3.8) is 0 Å². The molecule has 0 bridgehead atoms. The minimum absolute atomic E-state index is 0.0517. The molecule has 0 aliphatic carbocycles. The molecule has 0 aliphatic rings. The number of ether oxygens (including phenoxy) is 2. The van der Waals surface area contributed by atoms with Crippen LogP contribution < -0.4 is 4.74 Å². The van der Waals surface area contributed by atoms with Crippen LogP contribution in [0.2, 0.25) is 0 Å². The van der Waals surface area contributed by atoms with Gasteiger partial charge in [0.2, 0.25) is 0 Å². The lowest BCUT2D eigenvalue weighted by molar-refractivity contribution is 0.0669. The van der Waals surface area contributed by atoms with Crippen molar-refractivity contribution in [2.75, 3.05) is 13.2 Å². The first-order valence-corrected chi connectivity index (χ1v) is 6.71. The van der Waals surface area contributed by atoms with Crippen LogP contribution in [0.4, 0.5) is 4.39 Å². The molecule has 0 amide bonds. The van der Waals surface area contributed by atoms with E-state index in [4.69, 9.17) is 9.47 Å². The largest absolute Gasteiger partial charge is 0.492 e. The number of hydrogen-bond acceptors (Lipinski definition) is 3. The summed E-state index contributed by atoms with van der Waals surface area (Å²) >= 11 is 0. The average molecular weight is 278 g/mol. The van der Waals surface area contributed by atoms with E-state index < -0.39 is 0 Å². The summed E-state index contributed by atoms with van der Waals surface area (Å²) in [6, 6.07) is 6.13. The van der Waals surface area contributed by atoms with Crippen LogP contribution in [-0.4, -0.2) is 22.8 Å². The Morgan fingerprint density at radius 2 is 2.25 bits per heavy atom. The van der Waals surface area contributed by atoms with E-state index in [0.29, 0.717) is 25.5 Å². The van der Waals surface area contributed by atoms with Crippen molar-refractivity contribution in [1.29, 1.82) is 0 Å². The van der Waals surface area contributed by atoms with Gasteiger partial charge in [-0.15, -0.1) is 0 Å². The van der Waals surface area contributed by atoms with E-state index in [9.17, 15) is 4.39 Å². The number of hydrogen-bond donors (Lipinski definition) is 0. The summed E-state index contributed by atoms with van der Waals surface area (Å²) in [4.78, 5) is 4.30. The van der Waals surface area contributed by atoms with Crippen LogP contribution in [0.25, 0.3) is 0 Å². The summed E-state index contributed by atoms with van der Waals surface area (Å²) in [6.45, 7) is 5.66. The molecule has 2 rings (SSSR count). The number of benzene rings is 1. The maximum absolute atomic E-state index is 13.0. The van der Waals surface area contributed by atoms with Crippen LogP contribution >= 0.6 is 0 Å². The van der Waals surface area contributed by atoms with Crippen LogP contribution in [0, 0.1) is 5.82 Å². The fourth-order valence-corrected chi connectivity index (χ4v) is 2.01. The third-order valence-electron chi connectivity index (χ3n) is 2.92. The number of nitrogens with zero attached hydrogens (tertiary/aromatic N) is 2. The molecule has 0 spiro atoms.